The minimum atomic E-state index is -0.361. The van der Waals surface area contributed by atoms with E-state index in [0.717, 1.165) is 25.9 Å². The third-order valence-corrected chi connectivity index (χ3v) is 4.99. The second-order valence-corrected chi connectivity index (χ2v) is 5.58. The van der Waals surface area contributed by atoms with E-state index in [9.17, 15) is 9.59 Å². The monoisotopic (exact) mass is 268 g/mol. The van der Waals surface area contributed by atoms with E-state index in [0.29, 0.717) is 6.42 Å². The Morgan fingerprint density at radius 1 is 1.21 bits per heavy atom. The normalized spacial score (nSPS) is 24.4. The van der Waals surface area contributed by atoms with Crippen molar-refractivity contribution in [1.29, 1.82) is 0 Å². The predicted octanol–water partition coefficient (Wildman–Crippen LogP) is 2.19. The highest BCUT2D eigenvalue weighted by molar-refractivity contribution is 6.01. The second-order valence-electron chi connectivity index (χ2n) is 5.58. The Morgan fingerprint density at radius 3 is 2.16 bits per heavy atom. The Labute approximate surface area is 116 Å². The number of hydrogen-bond acceptors (Lipinski definition) is 3. The van der Waals surface area contributed by atoms with Crippen molar-refractivity contribution in [2.75, 3.05) is 13.1 Å². The first kappa shape index (κ1) is 16.2. The van der Waals surface area contributed by atoms with Gasteiger partial charge in [0.1, 0.15) is 0 Å². The fraction of sp³-hybridized carbons (Fsp3) is 0.867. The van der Waals surface area contributed by atoms with Crippen LogP contribution in [0.2, 0.25) is 0 Å². The van der Waals surface area contributed by atoms with Crippen molar-refractivity contribution >= 4 is 11.8 Å². The average Bonchev–Trinajstić information content (AvgIpc) is 2.41. The standard InChI is InChI=1S/C15H28N2O2/c1-6-15(7-2)10-12(13(18)16-14(15)19)11(5)17(8-3)9-4/h11-12H,6-10H2,1-5H3,(H,16,18,19). The molecule has 0 aromatic rings. The van der Waals surface area contributed by atoms with Crippen LogP contribution in [0.5, 0.6) is 0 Å². The van der Waals surface area contributed by atoms with E-state index >= 15 is 0 Å². The molecule has 0 bridgehead atoms. The fourth-order valence-corrected chi connectivity index (χ4v) is 3.25. The Morgan fingerprint density at radius 2 is 1.74 bits per heavy atom. The van der Waals surface area contributed by atoms with Crippen LogP contribution < -0.4 is 5.32 Å². The van der Waals surface area contributed by atoms with Crippen LogP contribution in [-0.2, 0) is 9.59 Å². The van der Waals surface area contributed by atoms with E-state index in [1.54, 1.807) is 0 Å². The molecule has 0 aromatic heterocycles. The van der Waals surface area contributed by atoms with Crippen molar-refractivity contribution in [3.8, 4) is 0 Å². The third-order valence-electron chi connectivity index (χ3n) is 4.99. The van der Waals surface area contributed by atoms with E-state index in [1.165, 1.54) is 0 Å². The molecule has 2 amide bonds. The molecule has 0 aliphatic carbocycles. The molecule has 0 radical (unpaired) electrons. The number of amides is 2. The summed E-state index contributed by atoms with van der Waals surface area (Å²) in [6.07, 6.45) is 2.27. The zero-order valence-corrected chi connectivity index (χ0v) is 13.0. The molecule has 110 valence electrons. The largest absolute Gasteiger partial charge is 0.300 e. The van der Waals surface area contributed by atoms with Crippen molar-refractivity contribution in [3.05, 3.63) is 0 Å². The van der Waals surface area contributed by atoms with Gasteiger partial charge in [-0.1, -0.05) is 27.7 Å². The number of nitrogens with zero attached hydrogens (tertiary/aromatic N) is 1. The van der Waals surface area contributed by atoms with Crippen LogP contribution in [0.4, 0.5) is 0 Å². The molecule has 1 aliphatic rings. The molecule has 1 heterocycles. The molecule has 0 spiro atoms. The van der Waals surface area contributed by atoms with Gasteiger partial charge >= 0.3 is 0 Å². The summed E-state index contributed by atoms with van der Waals surface area (Å²) in [7, 11) is 0. The van der Waals surface area contributed by atoms with Gasteiger partial charge in [-0.05, 0) is 39.3 Å². The molecular weight excluding hydrogens is 240 g/mol. The number of rotatable bonds is 6. The summed E-state index contributed by atoms with van der Waals surface area (Å²) >= 11 is 0. The molecule has 2 atom stereocenters. The van der Waals surface area contributed by atoms with Gasteiger partial charge in [0.05, 0.1) is 5.92 Å². The van der Waals surface area contributed by atoms with E-state index < -0.39 is 0 Å². The van der Waals surface area contributed by atoms with Gasteiger partial charge in [0, 0.05) is 11.5 Å². The van der Waals surface area contributed by atoms with Gasteiger partial charge in [-0.3, -0.25) is 14.9 Å². The molecule has 1 rings (SSSR count). The summed E-state index contributed by atoms with van der Waals surface area (Å²) in [5.41, 5.74) is -0.361. The first-order valence-corrected chi connectivity index (χ1v) is 7.55. The molecule has 1 aliphatic heterocycles. The van der Waals surface area contributed by atoms with Crippen molar-refractivity contribution in [2.45, 2.75) is 59.9 Å². The molecular formula is C15H28N2O2. The van der Waals surface area contributed by atoms with Crippen LogP contribution in [0.15, 0.2) is 0 Å². The topological polar surface area (TPSA) is 49.4 Å². The van der Waals surface area contributed by atoms with Crippen LogP contribution in [-0.4, -0.2) is 35.8 Å². The Kier molecular flexibility index (Phi) is 5.53. The molecule has 1 N–H and O–H groups in total. The zero-order valence-electron chi connectivity index (χ0n) is 13.0. The molecule has 19 heavy (non-hydrogen) atoms. The smallest absolute Gasteiger partial charge is 0.232 e. The van der Waals surface area contributed by atoms with Crippen molar-refractivity contribution in [2.24, 2.45) is 11.3 Å². The van der Waals surface area contributed by atoms with Crippen LogP contribution in [0.25, 0.3) is 0 Å². The minimum Gasteiger partial charge on any atom is -0.300 e. The van der Waals surface area contributed by atoms with Gasteiger partial charge in [-0.2, -0.15) is 0 Å². The number of carbonyl (C=O) groups is 2. The van der Waals surface area contributed by atoms with Gasteiger partial charge in [-0.15, -0.1) is 0 Å². The highest BCUT2D eigenvalue weighted by Gasteiger charge is 2.46. The molecule has 1 saturated heterocycles. The lowest BCUT2D eigenvalue weighted by Gasteiger charge is -2.42. The number of hydrogen-bond donors (Lipinski definition) is 1. The molecule has 2 unspecified atom stereocenters. The number of imide groups is 1. The molecule has 4 nitrogen and oxygen atoms in total. The van der Waals surface area contributed by atoms with Crippen LogP contribution in [0.3, 0.4) is 0 Å². The van der Waals surface area contributed by atoms with E-state index in [-0.39, 0.29) is 29.2 Å². The van der Waals surface area contributed by atoms with Crippen LogP contribution >= 0.6 is 0 Å². The van der Waals surface area contributed by atoms with Crippen molar-refractivity contribution < 1.29 is 9.59 Å². The number of piperidine rings is 1. The number of nitrogens with one attached hydrogen (secondary N) is 1. The van der Waals surface area contributed by atoms with Gasteiger partial charge in [0.25, 0.3) is 0 Å². The molecule has 4 heteroatoms. The van der Waals surface area contributed by atoms with Crippen LogP contribution in [0.1, 0.15) is 53.9 Å². The van der Waals surface area contributed by atoms with E-state index in [2.05, 4.69) is 31.0 Å². The van der Waals surface area contributed by atoms with E-state index in [1.807, 2.05) is 13.8 Å². The lowest BCUT2D eigenvalue weighted by Crippen LogP contribution is -2.57. The summed E-state index contributed by atoms with van der Waals surface area (Å²) in [4.78, 5) is 26.6. The maximum absolute atomic E-state index is 12.1. The summed E-state index contributed by atoms with van der Waals surface area (Å²) < 4.78 is 0. The second kappa shape index (κ2) is 6.51. The van der Waals surface area contributed by atoms with Crippen molar-refractivity contribution in [1.82, 2.24) is 10.2 Å². The SMILES string of the molecule is CCN(CC)C(C)C1CC(CC)(CC)C(=O)NC1=O. The minimum absolute atomic E-state index is 0.0782. The van der Waals surface area contributed by atoms with Crippen molar-refractivity contribution in [3.63, 3.8) is 0 Å². The first-order chi connectivity index (χ1) is 8.95. The summed E-state index contributed by atoms with van der Waals surface area (Å²) in [5, 5.41) is 2.60. The number of carbonyl (C=O) groups excluding carboxylic acids is 2. The van der Waals surface area contributed by atoms with Crippen LogP contribution in [0, 0.1) is 11.3 Å². The quantitative estimate of drug-likeness (QED) is 0.751. The zero-order chi connectivity index (χ0) is 14.6. The Bertz CT molecular complexity index is 333. The first-order valence-electron chi connectivity index (χ1n) is 7.55. The summed E-state index contributed by atoms with van der Waals surface area (Å²) in [6.45, 7) is 12.3. The lowest BCUT2D eigenvalue weighted by molar-refractivity contribution is -0.148. The molecule has 0 aromatic carbocycles. The summed E-state index contributed by atoms with van der Waals surface area (Å²) in [5.74, 6) is -0.259. The van der Waals surface area contributed by atoms with Gasteiger partial charge in [-0.25, -0.2) is 0 Å². The average molecular weight is 268 g/mol. The Balaban J connectivity index is 2.95. The summed E-state index contributed by atoms with van der Waals surface area (Å²) in [6, 6.07) is 0.181. The third kappa shape index (κ3) is 2.99. The highest BCUT2D eigenvalue weighted by atomic mass is 16.2. The molecule has 0 saturated carbocycles. The Hall–Kier alpha value is -0.900. The maximum Gasteiger partial charge on any atom is 0.232 e. The maximum atomic E-state index is 12.1. The fourth-order valence-electron chi connectivity index (χ4n) is 3.25. The highest BCUT2D eigenvalue weighted by Crippen LogP contribution is 2.39. The van der Waals surface area contributed by atoms with Gasteiger partial charge < -0.3 is 4.90 Å². The predicted molar refractivity (Wildman–Crippen MR) is 76.7 cm³/mol. The van der Waals surface area contributed by atoms with Gasteiger partial charge in [0.15, 0.2) is 0 Å². The van der Waals surface area contributed by atoms with Gasteiger partial charge in [0.2, 0.25) is 11.8 Å². The lowest BCUT2D eigenvalue weighted by atomic mass is 9.69. The van der Waals surface area contributed by atoms with E-state index in [4.69, 9.17) is 0 Å². The molecule has 1 fully saturated rings.